The van der Waals surface area contributed by atoms with E-state index in [1.54, 1.807) is 0 Å². The predicted molar refractivity (Wildman–Crippen MR) is 211 cm³/mol. The van der Waals surface area contributed by atoms with Crippen molar-refractivity contribution in [3.63, 3.8) is 0 Å². The molecule has 0 aliphatic carbocycles. The SMILES string of the molecule is CC(C)(C)c1c(-c2cccc(N(c3ccc(-c4cccc(-c5ccccc5)c4)cc3)c3ccccc3-c3ccccc3)c2)oc2ccccc12. The second-order valence-corrected chi connectivity index (χ2v) is 13.8. The predicted octanol–water partition coefficient (Wildman–Crippen LogP) is 13.9. The first-order valence-corrected chi connectivity index (χ1v) is 17.3. The number of anilines is 3. The third kappa shape index (κ3) is 6.01. The molecule has 0 N–H and O–H groups in total. The van der Waals surface area contributed by atoms with Gasteiger partial charge in [0, 0.05) is 33.5 Å². The van der Waals surface area contributed by atoms with Crippen molar-refractivity contribution in [2.45, 2.75) is 26.2 Å². The number of hydrogen-bond acceptors (Lipinski definition) is 2. The lowest BCUT2D eigenvalue weighted by Crippen LogP contribution is -2.12. The Hall–Kier alpha value is -6.12. The minimum Gasteiger partial charge on any atom is -0.456 e. The van der Waals surface area contributed by atoms with E-state index >= 15 is 0 Å². The molecule has 242 valence electrons. The Morgan fingerprint density at radius 3 is 1.70 bits per heavy atom. The van der Waals surface area contributed by atoms with Crippen LogP contribution in [0.2, 0.25) is 0 Å². The first-order chi connectivity index (χ1) is 24.4. The third-order valence-electron chi connectivity index (χ3n) is 9.37. The number of benzene rings is 7. The quantitative estimate of drug-likeness (QED) is 0.171. The molecule has 0 bridgehead atoms. The van der Waals surface area contributed by atoms with Crippen LogP contribution < -0.4 is 4.90 Å². The first-order valence-electron chi connectivity index (χ1n) is 17.3. The van der Waals surface area contributed by atoms with Crippen LogP contribution >= 0.6 is 0 Å². The van der Waals surface area contributed by atoms with Crippen molar-refractivity contribution in [2.75, 3.05) is 4.90 Å². The Kier molecular flexibility index (Phi) is 8.14. The summed E-state index contributed by atoms with van der Waals surface area (Å²) in [5.74, 6) is 0.922. The van der Waals surface area contributed by atoms with Crippen LogP contribution in [0.3, 0.4) is 0 Å². The Morgan fingerprint density at radius 2 is 0.980 bits per heavy atom. The van der Waals surface area contributed by atoms with E-state index in [9.17, 15) is 0 Å². The fraction of sp³-hybridized carbons (Fsp3) is 0.0833. The molecule has 0 saturated carbocycles. The monoisotopic (exact) mass is 645 g/mol. The van der Waals surface area contributed by atoms with Crippen molar-refractivity contribution in [3.05, 3.63) is 188 Å². The molecule has 8 rings (SSSR count). The average molecular weight is 646 g/mol. The second-order valence-electron chi connectivity index (χ2n) is 13.8. The van der Waals surface area contributed by atoms with Gasteiger partial charge >= 0.3 is 0 Å². The Labute approximate surface area is 294 Å². The standard InChI is InChI=1S/C48H39NO/c1-48(2,3)46-43-25-11-13-27-45(43)50-47(46)39-22-15-23-41(33-39)49(44-26-12-10-24-42(44)36-18-8-5-9-19-36)40-30-28-35(29-31-40)38-21-14-20-37(32-38)34-16-6-4-7-17-34/h4-33H,1-3H3. The number of furan rings is 1. The maximum absolute atomic E-state index is 6.64. The number of hydrogen-bond donors (Lipinski definition) is 0. The summed E-state index contributed by atoms with van der Waals surface area (Å²) in [5.41, 5.74) is 13.5. The molecule has 7 aromatic carbocycles. The van der Waals surface area contributed by atoms with E-state index < -0.39 is 0 Å². The zero-order chi connectivity index (χ0) is 34.1. The van der Waals surface area contributed by atoms with Gasteiger partial charge in [-0.2, -0.15) is 0 Å². The topological polar surface area (TPSA) is 16.4 Å². The normalized spacial score (nSPS) is 11.5. The average Bonchev–Trinajstić information content (AvgIpc) is 3.57. The van der Waals surface area contributed by atoms with Gasteiger partial charge in [-0.15, -0.1) is 0 Å². The zero-order valence-corrected chi connectivity index (χ0v) is 28.7. The molecule has 0 unspecified atom stereocenters. The van der Waals surface area contributed by atoms with Gasteiger partial charge in [0.1, 0.15) is 11.3 Å². The van der Waals surface area contributed by atoms with Crippen molar-refractivity contribution < 1.29 is 4.42 Å². The summed E-state index contributed by atoms with van der Waals surface area (Å²) in [6.45, 7) is 6.78. The lowest BCUT2D eigenvalue weighted by Gasteiger charge is -2.28. The van der Waals surface area contributed by atoms with Gasteiger partial charge in [0.15, 0.2) is 0 Å². The number of para-hydroxylation sites is 2. The first kappa shape index (κ1) is 31.2. The fourth-order valence-electron chi connectivity index (χ4n) is 7.05. The van der Waals surface area contributed by atoms with Gasteiger partial charge in [0.05, 0.1) is 5.69 Å². The van der Waals surface area contributed by atoms with Gasteiger partial charge in [0.2, 0.25) is 0 Å². The highest BCUT2D eigenvalue weighted by Crippen LogP contribution is 2.45. The highest BCUT2D eigenvalue weighted by Gasteiger charge is 2.27. The number of nitrogens with zero attached hydrogens (tertiary/aromatic N) is 1. The summed E-state index contributed by atoms with van der Waals surface area (Å²) in [4.78, 5) is 2.37. The molecule has 0 aliphatic heterocycles. The van der Waals surface area contributed by atoms with E-state index in [0.717, 1.165) is 39.5 Å². The fourth-order valence-corrected chi connectivity index (χ4v) is 7.05. The van der Waals surface area contributed by atoms with Crippen molar-refractivity contribution in [3.8, 4) is 44.7 Å². The van der Waals surface area contributed by atoms with Crippen LogP contribution in [0.25, 0.3) is 55.7 Å². The van der Waals surface area contributed by atoms with E-state index in [4.69, 9.17) is 4.42 Å². The van der Waals surface area contributed by atoms with E-state index in [0.29, 0.717) is 0 Å². The summed E-state index contributed by atoms with van der Waals surface area (Å²) in [7, 11) is 0. The number of rotatable bonds is 7. The summed E-state index contributed by atoms with van der Waals surface area (Å²) in [6, 6.07) is 64.7. The molecule has 2 heteroatoms. The Bertz CT molecular complexity index is 2400. The summed E-state index contributed by atoms with van der Waals surface area (Å²) < 4.78 is 6.64. The van der Waals surface area contributed by atoms with Crippen molar-refractivity contribution in [1.29, 1.82) is 0 Å². The molecule has 0 atom stereocenters. The van der Waals surface area contributed by atoms with Crippen LogP contribution in [-0.4, -0.2) is 0 Å². The van der Waals surface area contributed by atoms with Gasteiger partial charge in [-0.3, -0.25) is 0 Å². The van der Waals surface area contributed by atoms with E-state index in [2.05, 4.69) is 202 Å². The van der Waals surface area contributed by atoms with Gasteiger partial charge in [-0.25, -0.2) is 0 Å². The van der Waals surface area contributed by atoms with Crippen LogP contribution in [-0.2, 0) is 5.41 Å². The van der Waals surface area contributed by atoms with Gasteiger partial charge in [0.25, 0.3) is 0 Å². The third-order valence-corrected chi connectivity index (χ3v) is 9.37. The molecule has 0 spiro atoms. The summed E-state index contributed by atoms with van der Waals surface area (Å²) >= 11 is 0. The highest BCUT2D eigenvalue weighted by atomic mass is 16.3. The molecule has 2 nitrogen and oxygen atoms in total. The van der Waals surface area contributed by atoms with Crippen LogP contribution in [0.5, 0.6) is 0 Å². The minimum atomic E-state index is -0.106. The highest BCUT2D eigenvalue weighted by molar-refractivity contribution is 5.92. The molecule has 8 aromatic rings. The molecule has 0 amide bonds. The van der Waals surface area contributed by atoms with E-state index in [1.807, 2.05) is 6.07 Å². The smallest absolute Gasteiger partial charge is 0.139 e. The van der Waals surface area contributed by atoms with Gasteiger partial charge < -0.3 is 9.32 Å². The second kappa shape index (κ2) is 13.1. The molecule has 0 radical (unpaired) electrons. The van der Waals surface area contributed by atoms with Crippen molar-refractivity contribution in [2.24, 2.45) is 0 Å². The van der Waals surface area contributed by atoms with Crippen LogP contribution in [0.4, 0.5) is 17.1 Å². The lowest BCUT2D eigenvalue weighted by molar-refractivity contribution is 0.568. The van der Waals surface area contributed by atoms with Gasteiger partial charge in [-0.1, -0.05) is 160 Å². The molecule has 0 aliphatic rings. The Morgan fingerprint density at radius 1 is 0.420 bits per heavy atom. The maximum Gasteiger partial charge on any atom is 0.139 e. The van der Waals surface area contributed by atoms with E-state index in [-0.39, 0.29) is 5.41 Å². The largest absolute Gasteiger partial charge is 0.456 e. The molecule has 50 heavy (non-hydrogen) atoms. The molecular formula is C48H39NO. The Balaban J connectivity index is 1.27. The summed E-state index contributed by atoms with van der Waals surface area (Å²) in [5, 5.41) is 1.17. The molecule has 0 fully saturated rings. The molecule has 1 heterocycles. The number of fused-ring (bicyclic) bond motifs is 1. The maximum atomic E-state index is 6.64. The zero-order valence-electron chi connectivity index (χ0n) is 28.7. The molecular weight excluding hydrogens is 607 g/mol. The lowest BCUT2D eigenvalue weighted by atomic mass is 9.83. The van der Waals surface area contributed by atoms with Crippen LogP contribution in [0, 0.1) is 0 Å². The molecule has 0 saturated heterocycles. The minimum absolute atomic E-state index is 0.106. The van der Waals surface area contributed by atoms with Crippen LogP contribution in [0.1, 0.15) is 26.3 Å². The van der Waals surface area contributed by atoms with E-state index in [1.165, 1.54) is 38.8 Å². The van der Waals surface area contributed by atoms with Crippen molar-refractivity contribution >= 4 is 28.0 Å². The van der Waals surface area contributed by atoms with Crippen LogP contribution in [0.15, 0.2) is 186 Å². The van der Waals surface area contributed by atoms with Crippen molar-refractivity contribution in [1.82, 2.24) is 0 Å². The molecule has 1 aromatic heterocycles. The van der Waals surface area contributed by atoms with Gasteiger partial charge in [-0.05, 0) is 75.7 Å². The summed E-state index contributed by atoms with van der Waals surface area (Å²) in [6.07, 6.45) is 0.